The number of hydrogen-bond acceptors (Lipinski definition) is 4. The summed E-state index contributed by atoms with van der Waals surface area (Å²) in [6.45, 7) is 3.48. The lowest BCUT2D eigenvalue weighted by Gasteiger charge is -2.31. The summed E-state index contributed by atoms with van der Waals surface area (Å²) in [5, 5.41) is 8.88. The molecule has 5 heteroatoms. The summed E-state index contributed by atoms with van der Waals surface area (Å²) >= 11 is 0. The lowest BCUT2D eigenvalue weighted by atomic mass is 9.93. The Morgan fingerprint density at radius 1 is 1.17 bits per heavy atom. The fraction of sp³-hybridized carbons (Fsp3) is 0.375. The van der Waals surface area contributed by atoms with Gasteiger partial charge in [0, 0.05) is 37.9 Å². The second-order valence-corrected chi connectivity index (χ2v) is 7.89. The van der Waals surface area contributed by atoms with Crippen molar-refractivity contribution in [3.05, 3.63) is 71.3 Å². The van der Waals surface area contributed by atoms with E-state index in [-0.39, 0.29) is 6.10 Å². The largest absolute Gasteiger partial charge is 0.506 e. The van der Waals surface area contributed by atoms with E-state index in [2.05, 4.69) is 71.5 Å². The van der Waals surface area contributed by atoms with Gasteiger partial charge in [-0.2, -0.15) is 0 Å². The molecule has 152 valence electrons. The van der Waals surface area contributed by atoms with Gasteiger partial charge in [0.1, 0.15) is 6.10 Å². The fourth-order valence-corrected chi connectivity index (χ4v) is 4.51. The minimum atomic E-state index is -1.17. The fourth-order valence-electron chi connectivity index (χ4n) is 4.51. The van der Waals surface area contributed by atoms with Gasteiger partial charge < -0.3 is 14.7 Å². The summed E-state index contributed by atoms with van der Waals surface area (Å²) < 4.78 is 4.99. The van der Waals surface area contributed by atoms with Gasteiger partial charge >= 0.3 is 6.16 Å². The Morgan fingerprint density at radius 2 is 1.93 bits per heavy atom. The Kier molecular flexibility index (Phi) is 5.86. The molecule has 0 amide bonds. The maximum Gasteiger partial charge on any atom is 0.506 e. The third-order valence-electron chi connectivity index (χ3n) is 5.84. The van der Waals surface area contributed by atoms with Gasteiger partial charge in [0.25, 0.3) is 0 Å². The summed E-state index contributed by atoms with van der Waals surface area (Å²) in [5.74, 6) is 0. The predicted molar refractivity (Wildman–Crippen MR) is 115 cm³/mol. The lowest BCUT2D eigenvalue weighted by Crippen LogP contribution is -2.40. The molecule has 1 unspecified atom stereocenters. The molecule has 1 N–H and O–H groups in total. The number of para-hydroxylation sites is 1. The first-order valence-corrected chi connectivity index (χ1v) is 10.3. The highest BCUT2D eigenvalue weighted by atomic mass is 16.7. The van der Waals surface area contributed by atoms with Crippen LogP contribution in [0.5, 0.6) is 0 Å². The summed E-state index contributed by atoms with van der Waals surface area (Å²) in [7, 11) is 2.15. The van der Waals surface area contributed by atoms with Crippen LogP contribution in [0.25, 0.3) is 5.57 Å². The van der Waals surface area contributed by atoms with Crippen molar-refractivity contribution in [1.82, 2.24) is 4.90 Å². The lowest BCUT2D eigenvalue weighted by molar-refractivity contribution is 0.0140. The van der Waals surface area contributed by atoms with E-state index in [0.717, 1.165) is 38.9 Å². The molecule has 2 aromatic carbocycles. The summed E-state index contributed by atoms with van der Waals surface area (Å²) in [4.78, 5) is 15.5. The van der Waals surface area contributed by atoms with E-state index >= 15 is 0 Å². The van der Waals surface area contributed by atoms with Gasteiger partial charge in [-0.1, -0.05) is 48.5 Å². The van der Waals surface area contributed by atoms with Crippen molar-refractivity contribution in [3.63, 3.8) is 0 Å². The molecule has 0 aliphatic carbocycles. The van der Waals surface area contributed by atoms with E-state index in [1.807, 2.05) is 0 Å². The van der Waals surface area contributed by atoms with Crippen molar-refractivity contribution in [1.29, 1.82) is 0 Å². The van der Waals surface area contributed by atoms with Gasteiger partial charge in [-0.25, -0.2) is 4.79 Å². The highest BCUT2D eigenvalue weighted by molar-refractivity contribution is 5.89. The molecule has 2 aromatic rings. The Balaban J connectivity index is 1.55. The van der Waals surface area contributed by atoms with Crippen LogP contribution in [0, 0.1) is 0 Å². The first-order chi connectivity index (χ1) is 14.1. The smallest absolute Gasteiger partial charge is 0.450 e. The molecule has 4 rings (SSSR count). The third kappa shape index (κ3) is 4.46. The number of anilines is 1. The van der Waals surface area contributed by atoms with Crippen LogP contribution in [0.3, 0.4) is 0 Å². The molecule has 0 radical (unpaired) electrons. The van der Waals surface area contributed by atoms with Crippen LogP contribution in [0.4, 0.5) is 10.5 Å². The molecule has 0 spiro atoms. The van der Waals surface area contributed by atoms with Gasteiger partial charge in [-0.05, 0) is 48.6 Å². The van der Waals surface area contributed by atoms with Crippen LogP contribution in [-0.4, -0.2) is 48.9 Å². The van der Waals surface area contributed by atoms with E-state index in [4.69, 9.17) is 9.84 Å². The van der Waals surface area contributed by atoms with E-state index in [1.54, 1.807) is 0 Å². The molecular formula is C24H28N2O3. The molecule has 0 aromatic heterocycles. The van der Waals surface area contributed by atoms with E-state index in [9.17, 15) is 4.79 Å². The Morgan fingerprint density at radius 3 is 2.76 bits per heavy atom. The second-order valence-electron chi connectivity index (χ2n) is 7.89. The number of carbonyl (C=O) groups is 1. The molecule has 29 heavy (non-hydrogen) atoms. The van der Waals surface area contributed by atoms with Gasteiger partial charge in [0.2, 0.25) is 0 Å². The van der Waals surface area contributed by atoms with Gasteiger partial charge in [0.15, 0.2) is 0 Å². The zero-order valence-corrected chi connectivity index (χ0v) is 16.9. The molecule has 1 fully saturated rings. The molecule has 1 atom stereocenters. The van der Waals surface area contributed by atoms with E-state index in [1.165, 1.54) is 28.0 Å². The normalized spacial score (nSPS) is 20.7. The molecule has 1 saturated heterocycles. The van der Waals surface area contributed by atoms with Crippen molar-refractivity contribution in [2.75, 3.05) is 31.6 Å². The van der Waals surface area contributed by atoms with Crippen LogP contribution in [0.2, 0.25) is 0 Å². The average molecular weight is 392 g/mol. The van der Waals surface area contributed by atoms with Crippen molar-refractivity contribution < 1.29 is 14.6 Å². The molecule has 5 nitrogen and oxygen atoms in total. The number of piperidine rings is 1. The highest BCUT2D eigenvalue weighted by Crippen LogP contribution is 2.37. The van der Waals surface area contributed by atoms with Crippen molar-refractivity contribution in [2.24, 2.45) is 0 Å². The van der Waals surface area contributed by atoms with Gasteiger partial charge in [-0.15, -0.1) is 0 Å². The first-order valence-electron chi connectivity index (χ1n) is 10.3. The zero-order valence-electron chi connectivity index (χ0n) is 16.9. The molecule has 0 bridgehead atoms. The summed E-state index contributed by atoms with van der Waals surface area (Å²) in [6.07, 6.45) is 3.68. The minimum Gasteiger partial charge on any atom is -0.450 e. The van der Waals surface area contributed by atoms with Gasteiger partial charge in [-0.3, -0.25) is 4.90 Å². The maximum absolute atomic E-state index is 10.8. The number of carboxylic acid groups (broad SMARTS) is 1. The molecule has 2 heterocycles. The Labute approximate surface area is 172 Å². The number of ether oxygens (including phenoxy) is 1. The predicted octanol–water partition coefficient (Wildman–Crippen LogP) is 4.62. The van der Waals surface area contributed by atoms with Crippen molar-refractivity contribution in [2.45, 2.75) is 31.9 Å². The van der Waals surface area contributed by atoms with Crippen LogP contribution < -0.4 is 4.90 Å². The van der Waals surface area contributed by atoms with Crippen LogP contribution in [0.1, 0.15) is 36.0 Å². The van der Waals surface area contributed by atoms with Crippen molar-refractivity contribution >= 4 is 17.4 Å². The van der Waals surface area contributed by atoms with Gasteiger partial charge in [0.05, 0.1) is 0 Å². The summed E-state index contributed by atoms with van der Waals surface area (Å²) in [5.41, 5.74) is 6.45. The van der Waals surface area contributed by atoms with Crippen LogP contribution >= 0.6 is 0 Å². The highest BCUT2D eigenvalue weighted by Gasteiger charge is 2.23. The number of likely N-dealkylation sites (tertiary alicyclic amines) is 1. The quantitative estimate of drug-likeness (QED) is 0.770. The maximum atomic E-state index is 10.8. The summed E-state index contributed by atoms with van der Waals surface area (Å²) in [6, 6.07) is 17.2. The minimum absolute atomic E-state index is 0.207. The van der Waals surface area contributed by atoms with Crippen LogP contribution in [-0.2, 0) is 11.3 Å². The number of hydrogen-bond donors (Lipinski definition) is 1. The second kappa shape index (κ2) is 8.70. The Hall–Kier alpha value is -2.79. The number of fused-ring (bicyclic) bond motifs is 2. The Bertz CT molecular complexity index is 909. The molecular weight excluding hydrogens is 364 g/mol. The van der Waals surface area contributed by atoms with E-state index < -0.39 is 6.16 Å². The molecule has 2 aliphatic rings. The first kappa shape index (κ1) is 19.5. The monoisotopic (exact) mass is 392 g/mol. The molecule has 2 aliphatic heterocycles. The molecule has 0 saturated carbocycles. The topological polar surface area (TPSA) is 53.0 Å². The number of benzene rings is 2. The average Bonchev–Trinajstić information content (AvgIpc) is 2.83. The number of nitrogens with zero attached hydrogens (tertiary/aromatic N) is 2. The van der Waals surface area contributed by atoms with E-state index in [0.29, 0.717) is 6.54 Å². The SMILES string of the molecule is CN1Cc2ccccc2C(=CCCN2CCCC(OC(=O)O)C2)c2ccccc21. The zero-order chi connectivity index (χ0) is 20.2. The third-order valence-corrected chi connectivity index (χ3v) is 5.84. The van der Waals surface area contributed by atoms with Crippen molar-refractivity contribution in [3.8, 4) is 0 Å². The van der Waals surface area contributed by atoms with Crippen LogP contribution in [0.15, 0.2) is 54.6 Å². The standard InChI is InChI=1S/C24H28N2O3/c1-25-16-18-8-2-3-10-20(18)21(22-11-4-5-13-23(22)25)12-7-15-26-14-6-9-19(17-26)29-24(27)28/h2-5,8,10-13,19H,6-7,9,14-17H2,1H3,(H,27,28). The number of rotatable bonds is 4.